The Bertz CT molecular complexity index is 701. The van der Waals surface area contributed by atoms with Crippen molar-refractivity contribution in [2.24, 2.45) is 17.3 Å². The SMILES string of the molecule is C#C[C@@]1(O)CC[C@@H]2[C@@H]3CCc4cc(O)cc(C)c4[C@@H]3CC[C@@]21C. The van der Waals surface area contributed by atoms with E-state index in [2.05, 4.69) is 19.8 Å². The minimum absolute atomic E-state index is 0.134. The highest BCUT2D eigenvalue weighted by Gasteiger charge is 2.61. The summed E-state index contributed by atoms with van der Waals surface area (Å²) in [7, 11) is 0. The second-order valence-electron chi connectivity index (χ2n) is 8.25. The summed E-state index contributed by atoms with van der Waals surface area (Å²) in [5.41, 5.74) is 2.97. The number of aromatic hydroxyl groups is 1. The summed E-state index contributed by atoms with van der Waals surface area (Å²) in [5.74, 6) is 4.83. The Morgan fingerprint density at radius 1 is 1.22 bits per heavy atom. The molecule has 1 aromatic carbocycles. The standard InChI is InChI=1S/C21H26O2/c1-4-21(23)10-8-18-16-6-5-14-12-15(22)11-13(2)19(14)17(16)7-9-20(18,21)3/h1,11-12,16-18,22-23H,5-10H2,2-3H3/t16-,17-,18-,20+,21-/m1/s1. The molecule has 4 rings (SSSR count). The monoisotopic (exact) mass is 310 g/mol. The predicted octanol–water partition coefficient (Wildman–Crippen LogP) is 3.92. The molecule has 0 spiro atoms. The van der Waals surface area contributed by atoms with E-state index in [1.807, 2.05) is 12.1 Å². The van der Waals surface area contributed by atoms with Crippen molar-refractivity contribution in [3.05, 3.63) is 28.8 Å². The van der Waals surface area contributed by atoms with Crippen LogP contribution in [0.5, 0.6) is 5.75 Å². The molecule has 0 heterocycles. The van der Waals surface area contributed by atoms with Crippen molar-refractivity contribution < 1.29 is 10.2 Å². The Morgan fingerprint density at radius 3 is 2.74 bits per heavy atom. The fourth-order valence-corrected chi connectivity index (χ4v) is 6.21. The van der Waals surface area contributed by atoms with Gasteiger partial charge in [0.05, 0.1) is 0 Å². The van der Waals surface area contributed by atoms with Crippen molar-refractivity contribution >= 4 is 0 Å². The van der Waals surface area contributed by atoms with Crippen LogP contribution in [0.2, 0.25) is 0 Å². The van der Waals surface area contributed by atoms with Gasteiger partial charge in [-0.2, -0.15) is 0 Å². The summed E-state index contributed by atoms with van der Waals surface area (Å²) in [6.07, 6.45) is 11.8. The summed E-state index contributed by atoms with van der Waals surface area (Å²) < 4.78 is 0. The number of aryl methyl sites for hydroxylation is 2. The molecule has 2 N–H and O–H groups in total. The number of benzene rings is 1. The summed E-state index contributed by atoms with van der Waals surface area (Å²) in [6.45, 7) is 4.35. The topological polar surface area (TPSA) is 40.5 Å². The summed E-state index contributed by atoms with van der Waals surface area (Å²) >= 11 is 0. The number of hydrogen-bond acceptors (Lipinski definition) is 2. The lowest BCUT2D eigenvalue weighted by Gasteiger charge is -2.52. The highest BCUT2D eigenvalue weighted by Crippen LogP contribution is 2.64. The lowest BCUT2D eigenvalue weighted by molar-refractivity contribution is -0.0647. The van der Waals surface area contributed by atoms with Crippen LogP contribution in [0.25, 0.3) is 0 Å². The van der Waals surface area contributed by atoms with Crippen LogP contribution in [0.3, 0.4) is 0 Å². The van der Waals surface area contributed by atoms with Gasteiger partial charge >= 0.3 is 0 Å². The maximum atomic E-state index is 11.0. The molecule has 0 unspecified atom stereocenters. The van der Waals surface area contributed by atoms with Gasteiger partial charge in [-0.15, -0.1) is 6.42 Å². The largest absolute Gasteiger partial charge is 0.508 e. The maximum Gasteiger partial charge on any atom is 0.130 e. The molecule has 2 saturated carbocycles. The molecule has 3 aliphatic carbocycles. The highest BCUT2D eigenvalue weighted by atomic mass is 16.3. The molecule has 0 amide bonds. The van der Waals surface area contributed by atoms with Gasteiger partial charge in [0.15, 0.2) is 0 Å². The number of fused-ring (bicyclic) bond motifs is 5. The summed E-state index contributed by atoms with van der Waals surface area (Å²) in [5, 5.41) is 20.9. The zero-order valence-electron chi connectivity index (χ0n) is 14.1. The number of terminal acetylenes is 1. The summed E-state index contributed by atoms with van der Waals surface area (Å²) in [6, 6.07) is 3.86. The molecular formula is C21H26O2. The van der Waals surface area contributed by atoms with Gasteiger partial charge < -0.3 is 10.2 Å². The Hall–Kier alpha value is -1.46. The van der Waals surface area contributed by atoms with Crippen molar-refractivity contribution in [3.63, 3.8) is 0 Å². The third-order valence-electron chi connectivity index (χ3n) is 7.40. The normalized spacial score (nSPS) is 41.6. The van der Waals surface area contributed by atoms with Crippen LogP contribution in [-0.2, 0) is 6.42 Å². The van der Waals surface area contributed by atoms with Crippen LogP contribution in [0.15, 0.2) is 12.1 Å². The molecule has 0 aromatic heterocycles. The first-order chi connectivity index (χ1) is 10.9. The number of rotatable bonds is 0. The molecule has 23 heavy (non-hydrogen) atoms. The predicted molar refractivity (Wildman–Crippen MR) is 91.2 cm³/mol. The van der Waals surface area contributed by atoms with Crippen LogP contribution in [0, 0.1) is 36.5 Å². The average molecular weight is 310 g/mol. The zero-order valence-corrected chi connectivity index (χ0v) is 14.1. The lowest BCUT2D eigenvalue weighted by atomic mass is 9.53. The Balaban J connectivity index is 1.75. The van der Waals surface area contributed by atoms with Crippen molar-refractivity contribution in [1.29, 1.82) is 0 Å². The first kappa shape index (κ1) is 15.1. The molecule has 0 aliphatic heterocycles. The number of hydrogen-bond donors (Lipinski definition) is 2. The molecule has 2 fully saturated rings. The minimum atomic E-state index is -0.924. The highest BCUT2D eigenvalue weighted by molar-refractivity contribution is 5.46. The van der Waals surface area contributed by atoms with E-state index in [4.69, 9.17) is 6.42 Å². The molecule has 5 atom stereocenters. The van der Waals surface area contributed by atoms with E-state index >= 15 is 0 Å². The fourth-order valence-electron chi connectivity index (χ4n) is 6.21. The van der Waals surface area contributed by atoms with Crippen molar-refractivity contribution in [3.8, 4) is 18.1 Å². The molecule has 0 bridgehead atoms. The minimum Gasteiger partial charge on any atom is -0.508 e. The van der Waals surface area contributed by atoms with E-state index in [0.29, 0.717) is 23.5 Å². The molecule has 0 radical (unpaired) electrons. The second-order valence-corrected chi connectivity index (χ2v) is 8.25. The number of phenols is 1. The van der Waals surface area contributed by atoms with E-state index in [1.165, 1.54) is 16.7 Å². The fraction of sp³-hybridized carbons (Fsp3) is 0.619. The Kier molecular flexibility index (Phi) is 3.13. The molecule has 1 aromatic rings. The maximum absolute atomic E-state index is 11.0. The molecule has 0 saturated heterocycles. The van der Waals surface area contributed by atoms with Crippen molar-refractivity contribution in [1.82, 2.24) is 0 Å². The van der Waals surface area contributed by atoms with Crippen LogP contribution in [0.1, 0.15) is 61.6 Å². The van der Waals surface area contributed by atoms with Gasteiger partial charge in [-0.25, -0.2) is 0 Å². The van der Waals surface area contributed by atoms with Crippen LogP contribution >= 0.6 is 0 Å². The Morgan fingerprint density at radius 2 is 2.00 bits per heavy atom. The third kappa shape index (κ3) is 1.86. The number of phenolic OH excluding ortho intramolecular Hbond substituents is 1. The first-order valence-corrected chi connectivity index (χ1v) is 8.92. The van der Waals surface area contributed by atoms with E-state index < -0.39 is 5.60 Å². The van der Waals surface area contributed by atoms with E-state index in [-0.39, 0.29) is 5.41 Å². The van der Waals surface area contributed by atoms with Crippen molar-refractivity contribution in [2.75, 3.05) is 0 Å². The molecule has 2 nitrogen and oxygen atoms in total. The smallest absolute Gasteiger partial charge is 0.130 e. The number of aliphatic hydroxyl groups is 1. The van der Waals surface area contributed by atoms with E-state index in [0.717, 1.165) is 38.5 Å². The van der Waals surface area contributed by atoms with Gasteiger partial charge in [0.25, 0.3) is 0 Å². The molecule has 2 heteroatoms. The quantitative estimate of drug-likeness (QED) is 0.713. The van der Waals surface area contributed by atoms with Gasteiger partial charge in [-0.1, -0.05) is 12.8 Å². The van der Waals surface area contributed by atoms with Gasteiger partial charge in [0, 0.05) is 5.41 Å². The molecule has 3 aliphatic rings. The van der Waals surface area contributed by atoms with Gasteiger partial charge in [-0.05, 0) is 92.0 Å². The second kappa shape index (κ2) is 4.77. The van der Waals surface area contributed by atoms with E-state index in [1.54, 1.807) is 0 Å². The van der Waals surface area contributed by atoms with Gasteiger partial charge in [-0.3, -0.25) is 0 Å². The van der Waals surface area contributed by atoms with Gasteiger partial charge in [0.1, 0.15) is 11.4 Å². The van der Waals surface area contributed by atoms with Crippen LogP contribution in [0.4, 0.5) is 0 Å². The lowest BCUT2D eigenvalue weighted by Crippen LogP contribution is -2.50. The molecular weight excluding hydrogens is 284 g/mol. The third-order valence-corrected chi connectivity index (χ3v) is 7.40. The zero-order chi connectivity index (χ0) is 16.4. The summed E-state index contributed by atoms with van der Waals surface area (Å²) in [4.78, 5) is 0. The average Bonchev–Trinajstić information content (AvgIpc) is 2.79. The van der Waals surface area contributed by atoms with Crippen LogP contribution < -0.4 is 0 Å². The molecule has 122 valence electrons. The van der Waals surface area contributed by atoms with Crippen LogP contribution in [-0.4, -0.2) is 15.8 Å². The van der Waals surface area contributed by atoms with E-state index in [9.17, 15) is 10.2 Å². The van der Waals surface area contributed by atoms with Gasteiger partial charge in [0.2, 0.25) is 0 Å². The first-order valence-electron chi connectivity index (χ1n) is 8.92. The Labute approximate surface area is 138 Å². The van der Waals surface area contributed by atoms with Crippen molar-refractivity contribution in [2.45, 2.75) is 63.9 Å².